The summed E-state index contributed by atoms with van der Waals surface area (Å²) in [5.41, 5.74) is -0.188. The number of aliphatic carboxylic acids is 1. The van der Waals surface area contributed by atoms with Gasteiger partial charge in [0.25, 0.3) is 5.91 Å². The van der Waals surface area contributed by atoms with E-state index in [1.54, 1.807) is 54.7 Å². The molecule has 1 atom stereocenters. The number of halogens is 8. The lowest BCUT2D eigenvalue weighted by molar-refractivity contribution is -0.139. The molecule has 0 saturated heterocycles. The molecule has 0 radical (unpaired) electrons. The third-order valence-corrected chi connectivity index (χ3v) is 15.8. The number of pyridine rings is 1. The number of aromatic nitrogens is 1. The zero-order valence-corrected chi connectivity index (χ0v) is 45.0. The van der Waals surface area contributed by atoms with Crippen LogP contribution in [0.3, 0.4) is 0 Å². The maximum absolute atomic E-state index is 15.0. The molecule has 0 aliphatic heterocycles. The summed E-state index contributed by atoms with van der Waals surface area (Å²) in [6, 6.07) is 29.8. The molecule has 8 rings (SSSR count). The summed E-state index contributed by atoms with van der Waals surface area (Å²) in [5.74, 6) is -14.0. The smallest absolute Gasteiger partial charge is 0.343 e. The standard InChI is InChI=1S/C33H22ClF2N3O5S.C14H10F2O4S.C9H7BrF2O2/c1-37-21-10-12-24(26(34)17-21)25-11-9-20(23-8-5-13-38-31(23)25)16-29(33(41)42)39-32(40)30-27(35)14-19(15-28(30)36)18-45(43,44)22-6-3-2-4-7-22;15-11-6-9(7-12(16)13(11)14(17)18)8-21(19,20)10-4-2-1-3-5-10;1-14-9(13)8-6(11)2-5(4-10)3-7(8)12/h2-15,17,29H,16,18H2,(H,39,40)(H,41,42);1-7H,8H2,(H,17,18);2-3H,4H2,1H3/t29-;;/m0../s1. The van der Waals surface area contributed by atoms with E-state index in [1.165, 1.54) is 54.6 Å². The predicted molar refractivity (Wildman–Crippen MR) is 286 cm³/mol. The molecule has 7 aromatic carbocycles. The Morgan fingerprint density at radius 1 is 0.650 bits per heavy atom. The lowest BCUT2D eigenvalue weighted by atomic mass is 9.95. The van der Waals surface area contributed by atoms with E-state index in [4.69, 9.17) is 23.3 Å². The van der Waals surface area contributed by atoms with Gasteiger partial charge in [-0.2, -0.15) is 0 Å². The number of amides is 1. The van der Waals surface area contributed by atoms with Gasteiger partial charge < -0.3 is 20.3 Å². The number of carboxylic acids is 2. The van der Waals surface area contributed by atoms with Gasteiger partial charge >= 0.3 is 17.9 Å². The van der Waals surface area contributed by atoms with Crippen LogP contribution in [0.1, 0.15) is 53.3 Å². The summed E-state index contributed by atoms with van der Waals surface area (Å²) in [5, 5.41) is 22.0. The van der Waals surface area contributed by atoms with Gasteiger partial charge in [-0.3, -0.25) is 9.78 Å². The molecule has 0 unspecified atom stereocenters. The van der Waals surface area contributed by atoms with Crippen LogP contribution in [0.15, 0.2) is 156 Å². The van der Waals surface area contributed by atoms with Crippen molar-refractivity contribution in [2.45, 2.75) is 39.1 Å². The molecule has 14 nitrogen and oxygen atoms in total. The van der Waals surface area contributed by atoms with Gasteiger partial charge in [0.15, 0.2) is 25.4 Å². The summed E-state index contributed by atoms with van der Waals surface area (Å²) in [6.45, 7) is 7.18. The molecule has 0 aliphatic carbocycles. The minimum absolute atomic E-state index is 0.0214. The molecule has 8 aromatic rings. The topological polar surface area (TPSA) is 216 Å². The number of hydrogen-bond acceptors (Lipinski definition) is 10. The van der Waals surface area contributed by atoms with Crippen LogP contribution in [0.2, 0.25) is 5.02 Å². The van der Waals surface area contributed by atoms with E-state index in [0.717, 1.165) is 31.4 Å². The van der Waals surface area contributed by atoms with Crippen molar-refractivity contribution < 1.29 is 77.3 Å². The first-order valence-corrected chi connectivity index (χ1v) is 27.6. The average Bonchev–Trinajstić information content (AvgIpc) is 3.52. The zero-order chi connectivity index (χ0) is 58.6. The second kappa shape index (κ2) is 26.5. The molecule has 0 aliphatic rings. The van der Waals surface area contributed by atoms with E-state index in [2.05, 4.69) is 35.8 Å². The molecule has 0 bridgehead atoms. The van der Waals surface area contributed by atoms with Crippen molar-refractivity contribution in [1.29, 1.82) is 0 Å². The third-order valence-electron chi connectivity index (χ3n) is 11.5. The number of rotatable bonds is 15. The number of fused-ring (bicyclic) bond motifs is 1. The Bertz CT molecular complexity index is 3900. The van der Waals surface area contributed by atoms with Crippen LogP contribution in [0, 0.1) is 41.5 Å². The maximum atomic E-state index is 15.0. The molecule has 0 spiro atoms. The normalized spacial score (nSPS) is 11.4. The molecule has 0 fully saturated rings. The lowest BCUT2D eigenvalue weighted by Crippen LogP contribution is -2.43. The first kappa shape index (κ1) is 60.8. The number of esters is 1. The molecular weight excluding hydrogens is 1180 g/mol. The Labute approximate surface area is 466 Å². The molecule has 1 amide bonds. The number of benzene rings is 7. The number of sulfone groups is 2. The largest absolute Gasteiger partial charge is 0.480 e. The highest BCUT2D eigenvalue weighted by Crippen LogP contribution is 2.36. The van der Waals surface area contributed by atoms with Crippen LogP contribution in [0.25, 0.3) is 26.9 Å². The number of aromatic carboxylic acids is 1. The summed E-state index contributed by atoms with van der Waals surface area (Å²) in [6.07, 6.45) is 1.29. The van der Waals surface area contributed by atoms with Crippen molar-refractivity contribution in [2.75, 3.05) is 7.11 Å². The summed E-state index contributed by atoms with van der Waals surface area (Å²) < 4.78 is 137. The highest BCUT2D eigenvalue weighted by atomic mass is 79.9. The lowest BCUT2D eigenvalue weighted by Gasteiger charge is -2.18. The number of carbonyl (C=O) groups is 4. The van der Waals surface area contributed by atoms with E-state index in [9.17, 15) is 58.7 Å². The summed E-state index contributed by atoms with van der Waals surface area (Å²) >= 11 is 9.49. The van der Waals surface area contributed by atoms with Crippen LogP contribution in [-0.4, -0.2) is 69.0 Å². The number of nitrogens with zero attached hydrogens (tertiary/aromatic N) is 2. The van der Waals surface area contributed by atoms with Gasteiger partial charge in [0.05, 0.1) is 40.5 Å². The van der Waals surface area contributed by atoms with Gasteiger partial charge in [0.2, 0.25) is 0 Å². The molecule has 80 heavy (non-hydrogen) atoms. The molecule has 3 N–H and O–H groups in total. The Morgan fingerprint density at radius 3 is 1.57 bits per heavy atom. The van der Waals surface area contributed by atoms with Crippen molar-refractivity contribution in [3.63, 3.8) is 0 Å². The van der Waals surface area contributed by atoms with Gasteiger partial charge in [-0.15, -0.1) is 0 Å². The van der Waals surface area contributed by atoms with Crippen molar-refractivity contribution in [2.24, 2.45) is 0 Å². The summed E-state index contributed by atoms with van der Waals surface area (Å²) in [4.78, 5) is 54.6. The highest BCUT2D eigenvalue weighted by molar-refractivity contribution is 9.08. The van der Waals surface area contributed by atoms with Crippen LogP contribution in [0.5, 0.6) is 0 Å². The maximum Gasteiger partial charge on any atom is 0.343 e. The fourth-order valence-electron chi connectivity index (χ4n) is 7.77. The molecule has 1 aromatic heterocycles. The third kappa shape index (κ3) is 14.8. The quantitative estimate of drug-likeness (QED) is 0.0378. The molecular formula is C56H39BrClF6N3O11S2. The number of methoxy groups -OCH3 is 1. The Hall–Kier alpha value is -8.43. The van der Waals surface area contributed by atoms with Crippen LogP contribution in [-0.2, 0) is 52.5 Å². The number of hydrogen-bond donors (Lipinski definition) is 3. The van der Waals surface area contributed by atoms with Gasteiger partial charge in [-0.05, 0) is 101 Å². The fraction of sp³-hybridized carbons (Fsp3) is 0.107. The number of carbonyl (C=O) groups excluding carboxylic acids is 2. The van der Waals surface area contributed by atoms with Crippen molar-refractivity contribution in [1.82, 2.24) is 10.3 Å². The minimum Gasteiger partial charge on any atom is -0.480 e. The first-order valence-electron chi connectivity index (χ1n) is 22.8. The van der Waals surface area contributed by atoms with Crippen molar-refractivity contribution >= 4 is 87.6 Å². The molecule has 412 valence electrons. The zero-order valence-electron chi connectivity index (χ0n) is 41.1. The first-order chi connectivity index (χ1) is 37.9. The van der Waals surface area contributed by atoms with Gasteiger partial charge in [-0.1, -0.05) is 94.3 Å². The Morgan fingerprint density at radius 2 is 1.12 bits per heavy atom. The number of carboxylic acid groups (broad SMARTS) is 2. The second-order valence-electron chi connectivity index (χ2n) is 16.9. The van der Waals surface area contributed by atoms with E-state index < -0.39 is 113 Å². The van der Waals surface area contributed by atoms with E-state index in [0.29, 0.717) is 61.3 Å². The number of alkyl halides is 1. The van der Waals surface area contributed by atoms with E-state index in [1.807, 2.05) is 0 Å². The number of nitrogens with one attached hydrogen (secondary N) is 1. The van der Waals surface area contributed by atoms with Crippen molar-refractivity contribution in [3.05, 3.63) is 236 Å². The Kier molecular flexibility index (Phi) is 20.1. The van der Waals surface area contributed by atoms with Gasteiger partial charge in [0.1, 0.15) is 57.6 Å². The van der Waals surface area contributed by atoms with E-state index in [-0.39, 0.29) is 27.3 Å². The second-order valence-corrected chi connectivity index (χ2v) is 21.8. The Balaban J connectivity index is 0.000000241. The summed E-state index contributed by atoms with van der Waals surface area (Å²) in [7, 11) is -6.62. The van der Waals surface area contributed by atoms with Gasteiger partial charge in [0, 0.05) is 33.9 Å². The van der Waals surface area contributed by atoms with E-state index >= 15 is 8.78 Å². The van der Waals surface area contributed by atoms with Crippen molar-refractivity contribution in [3.8, 4) is 11.1 Å². The molecule has 1 heterocycles. The van der Waals surface area contributed by atoms with Gasteiger partial charge in [-0.25, -0.2) is 62.4 Å². The minimum atomic E-state index is -3.93. The SMILES string of the molecule is COC(=O)c1c(F)cc(CBr)cc1F.O=C(O)c1c(F)cc(CS(=O)(=O)c2ccccc2)cc1F.[C-]#[N+]c1ccc(-c2ccc(C[C@H](NC(=O)c3c(F)cc(CS(=O)(=O)c4ccccc4)cc3F)C(=O)O)c3cccnc23)c(Cl)c1. The number of ether oxygens (including phenoxy) is 1. The monoisotopic (exact) mass is 1220 g/mol. The van der Waals surface area contributed by atoms with Crippen LogP contribution < -0.4 is 5.32 Å². The fourth-order valence-corrected chi connectivity index (χ4v) is 11.1. The molecule has 0 saturated carbocycles. The predicted octanol–water partition coefficient (Wildman–Crippen LogP) is 12.1. The average molecular weight is 1220 g/mol. The van der Waals surface area contributed by atoms with Crippen LogP contribution >= 0.6 is 27.5 Å². The highest BCUT2D eigenvalue weighted by Gasteiger charge is 2.28. The van der Waals surface area contributed by atoms with Crippen LogP contribution in [0.4, 0.5) is 32.0 Å². The molecule has 24 heteroatoms.